The third-order valence-corrected chi connectivity index (χ3v) is 6.76. The van der Waals surface area contributed by atoms with Gasteiger partial charge in [-0.3, -0.25) is 14.2 Å². The molecule has 0 bridgehead atoms. The summed E-state index contributed by atoms with van der Waals surface area (Å²) in [6.07, 6.45) is 1.57. The van der Waals surface area contributed by atoms with Gasteiger partial charge in [-0.1, -0.05) is 23.9 Å². The maximum absolute atomic E-state index is 13.1. The molecule has 32 heavy (non-hydrogen) atoms. The molecule has 2 aromatic carbocycles. The Bertz CT molecular complexity index is 1490. The van der Waals surface area contributed by atoms with Crippen LogP contribution in [0.4, 0.5) is 5.69 Å². The predicted octanol–water partition coefficient (Wildman–Crippen LogP) is 4.69. The molecule has 0 radical (unpaired) electrons. The van der Waals surface area contributed by atoms with E-state index in [0.29, 0.717) is 27.5 Å². The van der Waals surface area contributed by atoms with Crippen LogP contribution in [0, 0.1) is 6.92 Å². The van der Waals surface area contributed by atoms with Crippen molar-refractivity contribution in [1.82, 2.24) is 14.5 Å². The monoisotopic (exact) mass is 462 g/mol. The van der Waals surface area contributed by atoms with Gasteiger partial charge in [0.15, 0.2) is 5.16 Å². The van der Waals surface area contributed by atoms with Gasteiger partial charge in [0.1, 0.15) is 5.76 Å². The number of anilines is 1. The van der Waals surface area contributed by atoms with Crippen molar-refractivity contribution in [2.24, 2.45) is 0 Å². The van der Waals surface area contributed by atoms with Crippen molar-refractivity contribution < 1.29 is 9.21 Å². The van der Waals surface area contributed by atoms with E-state index in [1.165, 1.54) is 11.8 Å². The molecule has 1 N–H and O–H groups in total. The van der Waals surface area contributed by atoms with Crippen molar-refractivity contribution in [3.05, 3.63) is 82.0 Å². The van der Waals surface area contributed by atoms with Crippen LogP contribution in [0.1, 0.15) is 10.8 Å². The number of amides is 1. The Labute approximate surface area is 191 Å². The molecule has 0 aliphatic rings. The van der Waals surface area contributed by atoms with E-state index in [4.69, 9.17) is 4.42 Å². The number of fused-ring (bicyclic) bond motifs is 2. The summed E-state index contributed by atoms with van der Waals surface area (Å²) in [4.78, 5) is 34.8. The van der Waals surface area contributed by atoms with E-state index in [1.807, 2.05) is 37.3 Å². The van der Waals surface area contributed by atoms with Gasteiger partial charge in [-0.25, -0.2) is 9.97 Å². The molecule has 5 rings (SSSR count). The summed E-state index contributed by atoms with van der Waals surface area (Å²) in [5.41, 5.74) is 1.98. The molecule has 1 amide bonds. The Morgan fingerprint density at radius 1 is 1.12 bits per heavy atom. The van der Waals surface area contributed by atoms with Crippen LogP contribution in [0.3, 0.4) is 0 Å². The number of hydrogen-bond acceptors (Lipinski definition) is 7. The van der Waals surface area contributed by atoms with E-state index < -0.39 is 0 Å². The van der Waals surface area contributed by atoms with Crippen LogP contribution in [0.5, 0.6) is 0 Å². The summed E-state index contributed by atoms with van der Waals surface area (Å²) in [5, 5.41) is 4.88. The van der Waals surface area contributed by atoms with Crippen molar-refractivity contribution in [1.29, 1.82) is 0 Å². The number of aryl methyl sites for hydroxylation is 1. The van der Waals surface area contributed by atoms with E-state index in [2.05, 4.69) is 15.3 Å². The number of hydrogen-bond donors (Lipinski definition) is 1. The molecule has 3 heterocycles. The molecule has 0 unspecified atom stereocenters. The molecule has 0 saturated heterocycles. The first-order valence-corrected chi connectivity index (χ1v) is 11.7. The molecule has 0 atom stereocenters. The standard InChI is InChI=1S/C23H18N4O3S2/c1-14-24-19-11-15(8-9-20(19)32-14)25-21(28)13-31-23-26-18-7-3-2-6-17(18)22(29)27(23)12-16-5-4-10-30-16/h2-11H,12-13H2,1H3,(H,25,28). The molecule has 9 heteroatoms. The van der Waals surface area contributed by atoms with Gasteiger partial charge in [-0.05, 0) is 49.4 Å². The number of carbonyl (C=O) groups excluding carboxylic acids is 1. The number of thioether (sulfide) groups is 1. The van der Waals surface area contributed by atoms with Crippen LogP contribution in [0.15, 0.2) is 75.2 Å². The Kier molecular flexibility index (Phi) is 5.50. The molecule has 0 spiro atoms. The van der Waals surface area contributed by atoms with Gasteiger partial charge in [0.2, 0.25) is 5.91 Å². The third kappa shape index (κ3) is 4.17. The number of thiazole rings is 1. The molecule has 5 aromatic rings. The van der Waals surface area contributed by atoms with Gasteiger partial charge in [0.25, 0.3) is 5.56 Å². The van der Waals surface area contributed by atoms with Crippen LogP contribution in [-0.2, 0) is 11.3 Å². The summed E-state index contributed by atoms with van der Waals surface area (Å²) in [5.74, 6) is 0.562. The van der Waals surface area contributed by atoms with Crippen molar-refractivity contribution in [2.75, 3.05) is 11.1 Å². The number of benzene rings is 2. The molecule has 0 aliphatic heterocycles. The summed E-state index contributed by atoms with van der Waals surface area (Å²) in [6.45, 7) is 2.20. The normalized spacial score (nSPS) is 11.3. The number of aromatic nitrogens is 3. The minimum Gasteiger partial charge on any atom is -0.467 e. The second-order valence-corrected chi connectivity index (χ2v) is 9.31. The van der Waals surface area contributed by atoms with Crippen LogP contribution < -0.4 is 10.9 Å². The van der Waals surface area contributed by atoms with E-state index >= 15 is 0 Å². The average molecular weight is 463 g/mol. The Morgan fingerprint density at radius 2 is 2.00 bits per heavy atom. The van der Waals surface area contributed by atoms with Crippen molar-refractivity contribution in [2.45, 2.75) is 18.6 Å². The highest BCUT2D eigenvalue weighted by molar-refractivity contribution is 7.99. The first-order valence-electron chi connectivity index (χ1n) is 9.88. The van der Waals surface area contributed by atoms with Gasteiger partial charge in [0, 0.05) is 5.69 Å². The van der Waals surface area contributed by atoms with E-state index in [0.717, 1.165) is 15.2 Å². The summed E-state index contributed by atoms with van der Waals surface area (Å²) in [6, 6.07) is 16.5. The minimum atomic E-state index is -0.187. The lowest BCUT2D eigenvalue weighted by Gasteiger charge is -2.12. The second kappa shape index (κ2) is 8.60. The van der Waals surface area contributed by atoms with Gasteiger partial charge in [-0.15, -0.1) is 11.3 Å². The molecule has 7 nitrogen and oxygen atoms in total. The van der Waals surface area contributed by atoms with E-state index in [-0.39, 0.29) is 23.8 Å². The molecule has 0 fully saturated rings. The molecule has 0 saturated carbocycles. The Morgan fingerprint density at radius 3 is 2.84 bits per heavy atom. The SMILES string of the molecule is Cc1nc2cc(NC(=O)CSc3nc4ccccc4c(=O)n3Cc3ccco3)ccc2s1. The number of nitrogens with one attached hydrogen (secondary N) is 1. The maximum Gasteiger partial charge on any atom is 0.262 e. The Balaban J connectivity index is 1.38. The second-order valence-electron chi connectivity index (χ2n) is 7.13. The van der Waals surface area contributed by atoms with E-state index in [1.54, 1.807) is 46.4 Å². The predicted molar refractivity (Wildman–Crippen MR) is 128 cm³/mol. The highest BCUT2D eigenvalue weighted by Gasteiger charge is 2.15. The van der Waals surface area contributed by atoms with Gasteiger partial charge in [-0.2, -0.15) is 0 Å². The van der Waals surface area contributed by atoms with Crippen LogP contribution >= 0.6 is 23.1 Å². The maximum atomic E-state index is 13.1. The zero-order valence-corrected chi connectivity index (χ0v) is 18.7. The molecule has 160 valence electrons. The lowest BCUT2D eigenvalue weighted by atomic mass is 10.2. The largest absolute Gasteiger partial charge is 0.467 e. The minimum absolute atomic E-state index is 0.108. The zero-order chi connectivity index (χ0) is 22.1. The Hall–Kier alpha value is -3.43. The van der Waals surface area contributed by atoms with E-state index in [9.17, 15) is 9.59 Å². The molecule has 3 aromatic heterocycles. The average Bonchev–Trinajstić information content (AvgIpc) is 3.43. The topological polar surface area (TPSA) is 90.0 Å². The number of nitrogens with zero attached hydrogens (tertiary/aromatic N) is 3. The van der Waals surface area contributed by atoms with Gasteiger partial charge in [0.05, 0.1) is 44.7 Å². The summed E-state index contributed by atoms with van der Waals surface area (Å²) < 4.78 is 8.05. The smallest absolute Gasteiger partial charge is 0.262 e. The van der Waals surface area contributed by atoms with Crippen molar-refractivity contribution in [3.8, 4) is 0 Å². The zero-order valence-electron chi connectivity index (χ0n) is 17.1. The number of furan rings is 1. The van der Waals surface area contributed by atoms with Crippen molar-refractivity contribution >= 4 is 55.8 Å². The number of para-hydroxylation sites is 1. The van der Waals surface area contributed by atoms with Crippen LogP contribution in [0.25, 0.3) is 21.1 Å². The summed E-state index contributed by atoms with van der Waals surface area (Å²) >= 11 is 2.83. The lowest BCUT2D eigenvalue weighted by molar-refractivity contribution is -0.113. The fourth-order valence-electron chi connectivity index (χ4n) is 3.40. The molecular formula is C23H18N4O3S2. The quantitative estimate of drug-likeness (QED) is 0.291. The van der Waals surface area contributed by atoms with Gasteiger partial charge >= 0.3 is 0 Å². The molecular weight excluding hydrogens is 444 g/mol. The first-order chi connectivity index (χ1) is 15.6. The fourth-order valence-corrected chi connectivity index (χ4v) is 5.01. The molecule has 0 aliphatic carbocycles. The summed E-state index contributed by atoms with van der Waals surface area (Å²) in [7, 11) is 0. The number of carbonyl (C=O) groups is 1. The van der Waals surface area contributed by atoms with Crippen LogP contribution in [-0.4, -0.2) is 26.2 Å². The first kappa shape index (κ1) is 20.5. The van der Waals surface area contributed by atoms with Crippen molar-refractivity contribution in [3.63, 3.8) is 0 Å². The highest BCUT2D eigenvalue weighted by atomic mass is 32.2. The highest BCUT2D eigenvalue weighted by Crippen LogP contribution is 2.25. The number of rotatable bonds is 6. The third-order valence-electron chi connectivity index (χ3n) is 4.83. The lowest BCUT2D eigenvalue weighted by Crippen LogP contribution is -2.24. The fraction of sp³-hybridized carbons (Fsp3) is 0.130. The van der Waals surface area contributed by atoms with Gasteiger partial charge < -0.3 is 9.73 Å². The van der Waals surface area contributed by atoms with Crippen LogP contribution in [0.2, 0.25) is 0 Å².